The van der Waals surface area contributed by atoms with Gasteiger partial charge in [-0.15, -0.1) is 0 Å². The van der Waals surface area contributed by atoms with E-state index in [1.807, 2.05) is 61.5 Å². The molecule has 0 atom stereocenters. The highest BCUT2D eigenvalue weighted by atomic mass is 16.5. The molecule has 168 valence electrons. The van der Waals surface area contributed by atoms with Crippen LogP contribution in [0.5, 0.6) is 17.2 Å². The van der Waals surface area contributed by atoms with Crippen molar-refractivity contribution in [2.24, 2.45) is 0 Å². The summed E-state index contributed by atoms with van der Waals surface area (Å²) < 4.78 is 23.3. The largest absolute Gasteiger partial charge is 0.496 e. The zero-order chi connectivity index (χ0) is 22.9. The van der Waals surface area contributed by atoms with Gasteiger partial charge in [-0.1, -0.05) is 36.4 Å². The smallest absolute Gasteiger partial charge is 0.200 e. The number of rotatable bonds is 5. The quantitative estimate of drug-likeness (QED) is 0.426. The molecule has 3 aromatic carbocycles. The molecule has 0 saturated heterocycles. The molecule has 0 saturated carbocycles. The Kier molecular flexibility index (Phi) is 5.52. The molecule has 0 amide bonds. The molecule has 33 heavy (non-hydrogen) atoms. The Labute approximate surface area is 191 Å². The lowest BCUT2D eigenvalue weighted by Gasteiger charge is -2.29. The third-order valence-corrected chi connectivity index (χ3v) is 6.04. The molecular weight excluding hydrogens is 418 g/mol. The number of ether oxygens (including phenoxy) is 3. The van der Waals surface area contributed by atoms with Crippen LogP contribution in [0, 0.1) is 6.92 Å². The van der Waals surface area contributed by atoms with Crippen molar-refractivity contribution in [2.45, 2.75) is 20.0 Å². The van der Waals surface area contributed by atoms with Gasteiger partial charge in [0.25, 0.3) is 0 Å². The normalized spacial score (nSPS) is 13.4. The Bertz CT molecular complexity index is 1390. The van der Waals surface area contributed by atoms with Gasteiger partial charge in [-0.05, 0) is 31.2 Å². The van der Waals surface area contributed by atoms with Gasteiger partial charge in [-0.25, -0.2) is 0 Å². The number of aryl methyl sites for hydroxylation is 1. The van der Waals surface area contributed by atoms with Gasteiger partial charge < -0.3 is 18.6 Å². The van der Waals surface area contributed by atoms with E-state index in [0.717, 1.165) is 28.2 Å². The summed E-state index contributed by atoms with van der Waals surface area (Å²) in [6, 6.07) is 19.1. The van der Waals surface area contributed by atoms with Gasteiger partial charge in [0, 0.05) is 24.2 Å². The second kappa shape index (κ2) is 8.64. The predicted molar refractivity (Wildman–Crippen MR) is 127 cm³/mol. The number of nitrogens with zero attached hydrogens (tertiary/aromatic N) is 1. The summed E-state index contributed by atoms with van der Waals surface area (Å²) in [6.07, 6.45) is 0. The van der Waals surface area contributed by atoms with E-state index in [2.05, 4.69) is 4.90 Å². The molecule has 0 radical (unpaired) electrons. The van der Waals surface area contributed by atoms with E-state index in [1.54, 1.807) is 20.3 Å². The summed E-state index contributed by atoms with van der Waals surface area (Å²) in [6.45, 7) is 3.51. The van der Waals surface area contributed by atoms with Crippen LogP contribution in [0.3, 0.4) is 0 Å². The molecule has 4 aromatic rings. The molecule has 0 N–H and O–H groups in total. The minimum absolute atomic E-state index is 0.0806. The second-order valence-electron chi connectivity index (χ2n) is 8.05. The molecule has 1 aliphatic heterocycles. The van der Waals surface area contributed by atoms with E-state index < -0.39 is 0 Å². The standard InChI is InChI=1S/C27H25NO5/c1-17-25(19-9-5-7-11-23(19)31-3)26(29)20-12-13-24-21(27(20)33-17)15-28(16-32-24)14-18-8-4-6-10-22(18)30-2/h4-13H,14-16H2,1-3H3. The van der Waals surface area contributed by atoms with Gasteiger partial charge in [-0.3, -0.25) is 9.69 Å². The first-order valence-electron chi connectivity index (χ1n) is 10.8. The summed E-state index contributed by atoms with van der Waals surface area (Å²) >= 11 is 0. The van der Waals surface area contributed by atoms with Crippen molar-refractivity contribution in [3.05, 3.63) is 87.8 Å². The van der Waals surface area contributed by atoms with E-state index in [9.17, 15) is 4.79 Å². The molecule has 6 heteroatoms. The van der Waals surface area contributed by atoms with Crippen LogP contribution in [0.25, 0.3) is 22.1 Å². The van der Waals surface area contributed by atoms with Gasteiger partial charge in [-0.2, -0.15) is 0 Å². The maximum absolute atomic E-state index is 13.6. The number of hydrogen-bond donors (Lipinski definition) is 0. The van der Waals surface area contributed by atoms with Crippen LogP contribution in [-0.4, -0.2) is 25.9 Å². The highest BCUT2D eigenvalue weighted by Gasteiger charge is 2.25. The lowest BCUT2D eigenvalue weighted by molar-refractivity contribution is 0.0882. The Morgan fingerprint density at radius 3 is 2.45 bits per heavy atom. The van der Waals surface area contributed by atoms with Crippen molar-refractivity contribution in [1.29, 1.82) is 0 Å². The summed E-state index contributed by atoms with van der Waals surface area (Å²) in [4.78, 5) is 15.7. The number of para-hydroxylation sites is 2. The first-order valence-corrected chi connectivity index (χ1v) is 10.8. The zero-order valence-corrected chi connectivity index (χ0v) is 18.9. The third kappa shape index (κ3) is 3.72. The lowest BCUT2D eigenvalue weighted by atomic mass is 9.99. The van der Waals surface area contributed by atoms with Crippen molar-refractivity contribution in [3.63, 3.8) is 0 Å². The Morgan fingerprint density at radius 2 is 1.67 bits per heavy atom. The fourth-order valence-electron chi connectivity index (χ4n) is 4.46. The monoisotopic (exact) mass is 443 g/mol. The highest BCUT2D eigenvalue weighted by molar-refractivity contribution is 5.87. The second-order valence-corrected chi connectivity index (χ2v) is 8.05. The fourth-order valence-corrected chi connectivity index (χ4v) is 4.46. The maximum atomic E-state index is 13.6. The lowest BCUT2D eigenvalue weighted by Crippen LogP contribution is -2.32. The van der Waals surface area contributed by atoms with Gasteiger partial charge in [0.05, 0.1) is 30.7 Å². The van der Waals surface area contributed by atoms with E-state index in [0.29, 0.717) is 47.9 Å². The molecule has 1 aromatic heterocycles. The van der Waals surface area contributed by atoms with Crippen LogP contribution in [-0.2, 0) is 13.1 Å². The van der Waals surface area contributed by atoms with Crippen LogP contribution in [0.4, 0.5) is 0 Å². The average molecular weight is 443 g/mol. The molecular formula is C27H25NO5. The summed E-state index contributed by atoms with van der Waals surface area (Å²) in [7, 11) is 3.27. The molecule has 0 fully saturated rings. The molecule has 0 unspecified atom stereocenters. The van der Waals surface area contributed by atoms with Gasteiger partial charge >= 0.3 is 0 Å². The summed E-state index contributed by atoms with van der Waals surface area (Å²) in [5, 5.41) is 0.531. The van der Waals surface area contributed by atoms with Crippen LogP contribution in [0.15, 0.2) is 69.9 Å². The van der Waals surface area contributed by atoms with Crippen molar-refractivity contribution in [3.8, 4) is 28.4 Å². The first kappa shape index (κ1) is 21.1. The molecule has 2 heterocycles. The number of benzene rings is 3. The topological polar surface area (TPSA) is 61.1 Å². The summed E-state index contributed by atoms with van der Waals surface area (Å²) in [5.41, 5.74) is 3.67. The number of hydrogen-bond acceptors (Lipinski definition) is 6. The van der Waals surface area contributed by atoms with Crippen molar-refractivity contribution in [2.75, 3.05) is 21.0 Å². The van der Waals surface area contributed by atoms with E-state index in [-0.39, 0.29) is 5.43 Å². The van der Waals surface area contributed by atoms with Gasteiger partial charge in [0.1, 0.15) is 35.3 Å². The SMILES string of the molecule is COc1ccccc1CN1COc2ccc3c(=O)c(-c4ccccc4OC)c(C)oc3c2C1. The molecule has 5 rings (SSSR count). The minimum Gasteiger partial charge on any atom is -0.496 e. The highest BCUT2D eigenvalue weighted by Crippen LogP contribution is 2.36. The van der Waals surface area contributed by atoms with Gasteiger partial charge in [0.2, 0.25) is 5.43 Å². The van der Waals surface area contributed by atoms with Crippen molar-refractivity contribution < 1.29 is 18.6 Å². The Morgan fingerprint density at radius 1 is 0.939 bits per heavy atom. The summed E-state index contributed by atoms with van der Waals surface area (Å²) in [5.74, 6) is 2.76. The third-order valence-electron chi connectivity index (χ3n) is 6.04. The Hall–Kier alpha value is -3.77. The van der Waals surface area contributed by atoms with Crippen LogP contribution >= 0.6 is 0 Å². The molecule has 0 spiro atoms. The first-order chi connectivity index (χ1) is 16.1. The molecule has 6 nitrogen and oxygen atoms in total. The van der Waals surface area contributed by atoms with Crippen LogP contribution in [0.2, 0.25) is 0 Å². The minimum atomic E-state index is -0.0806. The number of fused-ring (bicyclic) bond motifs is 3. The average Bonchev–Trinajstić information content (AvgIpc) is 2.84. The van der Waals surface area contributed by atoms with E-state index in [1.165, 1.54) is 0 Å². The van der Waals surface area contributed by atoms with E-state index >= 15 is 0 Å². The maximum Gasteiger partial charge on any atom is 0.200 e. The Balaban J connectivity index is 1.57. The predicted octanol–water partition coefficient (Wildman–Crippen LogP) is 5.14. The van der Waals surface area contributed by atoms with Crippen LogP contribution in [0.1, 0.15) is 16.9 Å². The van der Waals surface area contributed by atoms with Crippen LogP contribution < -0.4 is 19.6 Å². The molecule has 0 aliphatic carbocycles. The van der Waals surface area contributed by atoms with Gasteiger partial charge in [0.15, 0.2) is 0 Å². The number of methoxy groups -OCH3 is 2. The zero-order valence-electron chi connectivity index (χ0n) is 18.9. The molecule has 0 bridgehead atoms. The molecule has 1 aliphatic rings. The fraction of sp³-hybridized carbons (Fsp3) is 0.222. The van der Waals surface area contributed by atoms with Crippen molar-refractivity contribution in [1.82, 2.24) is 4.90 Å². The van der Waals surface area contributed by atoms with E-state index in [4.69, 9.17) is 18.6 Å². The van der Waals surface area contributed by atoms with Crippen molar-refractivity contribution >= 4 is 11.0 Å².